The summed E-state index contributed by atoms with van der Waals surface area (Å²) in [6, 6.07) is 4.10. The van der Waals surface area contributed by atoms with Crippen LogP contribution in [0.25, 0.3) is 0 Å². The zero-order valence-corrected chi connectivity index (χ0v) is 22.6. The number of methoxy groups -OCH3 is 2. The predicted molar refractivity (Wildman–Crippen MR) is 139 cm³/mol. The quantitative estimate of drug-likeness (QED) is 0.417. The highest BCUT2D eigenvalue weighted by molar-refractivity contribution is 5.81. The first-order valence-corrected chi connectivity index (χ1v) is 13.2. The standard InChI is InChI=1S/C27H44N4O5/c1-27(2,3)36-26(33)30-23(25(32)35-5)12-14-31(15-16-34-4)22-17-19(18-22)8-10-21-11-9-20-7-6-13-28-24(20)29-21/h9,11,19,22-23H,6-8,10,12-18H2,1-5H3,(H,28,29)(H,30,33). The molecule has 0 aromatic carbocycles. The number of amides is 1. The number of aromatic nitrogens is 1. The molecule has 0 bridgehead atoms. The molecule has 0 radical (unpaired) electrons. The Morgan fingerprint density at radius 1 is 1.22 bits per heavy atom. The first-order chi connectivity index (χ1) is 17.2. The molecule has 1 aliphatic heterocycles. The van der Waals surface area contributed by atoms with Gasteiger partial charge in [-0.25, -0.2) is 14.6 Å². The molecule has 36 heavy (non-hydrogen) atoms. The highest BCUT2D eigenvalue weighted by atomic mass is 16.6. The van der Waals surface area contributed by atoms with Crippen LogP contribution in [0.3, 0.4) is 0 Å². The van der Waals surface area contributed by atoms with Crippen molar-refractivity contribution < 1.29 is 23.8 Å². The number of hydrogen-bond donors (Lipinski definition) is 2. The van der Waals surface area contributed by atoms with Gasteiger partial charge in [-0.2, -0.15) is 0 Å². The lowest BCUT2D eigenvalue weighted by Crippen LogP contribution is -2.50. The van der Waals surface area contributed by atoms with E-state index in [4.69, 9.17) is 19.2 Å². The second kappa shape index (κ2) is 13.2. The number of nitrogens with zero attached hydrogens (tertiary/aromatic N) is 2. The summed E-state index contributed by atoms with van der Waals surface area (Å²) in [5.74, 6) is 1.27. The minimum atomic E-state index is -0.755. The molecule has 2 heterocycles. The highest BCUT2D eigenvalue weighted by Crippen LogP contribution is 2.35. The Balaban J connectivity index is 1.48. The third-order valence-electron chi connectivity index (χ3n) is 6.95. The van der Waals surface area contributed by atoms with Crippen molar-refractivity contribution in [2.75, 3.05) is 45.8 Å². The van der Waals surface area contributed by atoms with Gasteiger partial charge in [-0.05, 0) is 83.3 Å². The molecule has 2 N–H and O–H groups in total. The molecule has 202 valence electrons. The Labute approximate surface area is 215 Å². The van der Waals surface area contributed by atoms with Crippen molar-refractivity contribution in [3.05, 3.63) is 23.4 Å². The maximum absolute atomic E-state index is 12.3. The van der Waals surface area contributed by atoms with Crippen LogP contribution in [0.5, 0.6) is 0 Å². The summed E-state index contributed by atoms with van der Waals surface area (Å²) in [7, 11) is 3.03. The van der Waals surface area contributed by atoms with E-state index in [9.17, 15) is 9.59 Å². The molecule has 1 amide bonds. The molecular weight excluding hydrogens is 460 g/mol. The van der Waals surface area contributed by atoms with Gasteiger partial charge in [0.25, 0.3) is 0 Å². The fourth-order valence-corrected chi connectivity index (χ4v) is 4.92. The number of carbonyl (C=O) groups excluding carboxylic acids is 2. The largest absolute Gasteiger partial charge is 0.467 e. The number of rotatable bonds is 12. The normalized spacial score (nSPS) is 20.1. The molecule has 9 heteroatoms. The number of carbonyl (C=O) groups is 2. The van der Waals surface area contributed by atoms with Gasteiger partial charge in [0.1, 0.15) is 17.5 Å². The van der Waals surface area contributed by atoms with E-state index in [1.165, 1.54) is 19.1 Å². The first kappa shape index (κ1) is 28.2. The van der Waals surface area contributed by atoms with Crippen LogP contribution in [-0.4, -0.2) is 80.1 Å². The van der Waals surface area contributed by atoms with Gasteiger partial charge in [-0.1, -0.05) is 6.07 Å². The summed E-state index contributed by atoms with van der Waals surface area (Å²) < 4.78 is 15.6. The van der Waals surface area contributed by atoms with E-state index in [2.05, 4.69) is 27.7 Å². The summed E-state index contributed by atoms with van der Waals surface area (Å²) in [5.41, 5.74) is 1.85. The molecule has 0 spiro atoms. The minimum absolute atomic E-state index is 0.447. The second-order valence-corrected chi connectivity index (χ2v) is 10.9. The number of ether oxygens (including phenoxy) is 3. The number of esters is 1. The Morgan fingerprint density at radius 3 is 2.69 bits per heavy atom. The van der Waals surface area contributed by atoms with Gasteiger partial charge < -0.3 is 24.8 Å². The van der Waals surface area contributed by atoms with E-state index >= 15 is 0 Å². The van der Waals surface area contributed by atoms with Gasteiger partial charge in [-0.15, -0.1) is 0 Å². The van der Waals surface area contributed by atoms with Gasteiger partial charge in [-0.3, -0.25) is 4.90 Å². The van der Waals surface area contributed by atoms with E-state index in [0.717, 1.165) is 56.7 Å². The smallest absolute Gasteiger partial charge is 0.408 e. The first-order valence-electron chi connectivity index (χ1n) is 13.2. The van der Waals surface area contributed by atoms with E-state index in [0.29, 0.717) is 31.5 Å². The molecule has 1 fully saturated rings. The Hall–Kier alpha value is -2.39. The van der Waals surface area contributed by atoms with Crippen molar-refractivity contribution in [2.24, 2.45) is 5.92 Å². The van der Waals surface area contributed by atoms with Crippen molar-refractivity contribution >= 4 is 17.9 Å². The average Bonchev–Trinajstić information content (AvgIpc) is 2.81. The lowest BCUT2D eigenvalue weighted by atomic mass is 9.76. The van der Waals surface area contributed by atoms with Gasteiger partial charge in [0.15, 0.2) is 0 Å². The summed E-state index contributed by atoms with van der Waals surface area (Å²) in [6.07, 6.45) is 6.49. The van der Waals surface area contributed by atoms with E-state index in [-0.39, 0.29) is 0 Å². The number of fused-ring (bicyclic) bond motifs is 1. The van der Waals surface area contributed by atoms with Crippen molar-refractivity contribution in [1.29, 1.82) is 0 Å². The Bertz CT molecular complexity index is 866. The van der Waals surface area contributed by atoms with E-state index in [1.54, 1.807) is 27.9 Å². The second-order valence-electron chi connectivity index (χ2n) is 10.9. The number of nitrogens with one attached hydrogen (secondary N) is 2. The van der Waals surface area contributed by atoms with Crippen molar-refractivity contribution in [1.82, 2.24) is 15.2 Å². The third kappa shape index (κ3) is 8.62. The number of anilines is 1. The topological polar surface area (TPSA) is 102 Å². The van der Waals surface area contributed by atoms with Crippen molar-refractivity contribution in [3.8, 4) is 0 Å². The van der Waals surface area contributed by atoms with Crippen LogP contribution in [0.1, 0.15) is 64.1 Å². The van der Waals surface area contributed by atoms with Gasteiger partial charge in [0.2, 0.25) is 0 Å². The molecule has 1 atom stereocenters. The minimum Gasteiger partial charge on any atom is -0.467 e. The molecule has 9 nitrogen and oxygen atoms in total. The third-order valence-corrected chi connectivity index (χ3v) is 6.95. The van der Waals surface area contributed by atoms with Gasteiger partial charge in [0.05, 0.1) is 13.7 Å². The SMILES string of the molecule is COCCN(CCC(NC(=O)OC(C)(C)C)C(=O)OC)C1CC(CCc2ccc3c(n2)NCCC3)C1. The molecule has 0 saturated heterocycles. The highest BCUT2D eigenvalue weighted by Gasteiger charge is 2.34. The van der Waals surface area contributed by atoms with Crippen LogP contribution in [0, 0.1) is 5.92 Å². The predicted octanol–water partition coefficient (Wildman–Crippen LogP) is 3.56. The lowest BCUT2D eigenvalue weighted by molar-refractivity contribution is -0.143. The fraction of sp³-hybridized carbons (Fsp3) is 0.741. The molecule has 1 saturated carbocycles. The zero-order chi connectivity index (χ0) is 26.1. The van der Waals surface area contributed by atoms with Crippen LogP contribution in [0.2, 0.25) is 0 Å². The maximum atomic E-state index is 12.3. The van der Waals surface area contributed by atoms with Crippen LogP contribution >= 0.6 is 0 Å². The summed E-state index contributed by atoms with van der Waals surface area (Å²) in [5, 5.41) is 6.10. The fourth-order valence-electron chi connectivity index (χ4n) is 4.92. The molecule has 1 aliphatic carbocycles. The van der Waals surface area contributed by atoms with Crippen molar-refractivity contribution in [3.63, 3.8) is 0 Å². The van der Waals surface area contributed by atoms with Crippen LogP contribution in [0.15, 0.2) is 12.1 Å². The molecule has 1 unspecified atom stereocenters. The van der Waals surface area contributed by atoms with Crippen molar-refractivity contribution in [2.45, 2.75) is 83.4 Å². The van der Waals surface area contributed by atoms with Gasteiger partial charge >= 0.3 is 12.1 Å². The molecule has 1 aromatic rings. The van der Waals surface area contributed by atoms with Crippen LogP contribution in [-0.2, 0) is 31.8 Å². The Kier molecular flexibility index (Phi) is 10.4. The van der Waals surface area contributed by atoms with Gasteiger partial charge in [0, 0.05) is 38.5 Å². The zero-order valence-electron chi connectivity index (χ0n) is 22.6. The molecule has 1 aromatic heterocycles. The number of hydrogen-bond acceptors (Lipinski definition) is 8. The summed E-state index contributed by atoms with van der Waals surface area (Å²) in [4.78, 5) is 31.7. The number of alkyl carbamates (subject to hydrolysis) is 1. The van der Waals surface area contributed by atoms with E-state index in [1.807, 2.05) is 0 Å². The summed E-state index contributed by atoms with van der Waals surface area (Å²) in [6.45, 7) is 8.44. The summed E-state index contributed by atoms with van der Waals surface area (Å²) >= 11 is 0. The Morgan fingerprint density at radius 2 is 2.00 bits per heavy atom. The molecular formula is C27H44N4O5. The van der Waals surface area contributed by atoms with E-state index < -0.39 is 23.7 Å². The van der Waals surface area contributed by atoms with Crippen LogP contribution < -0.4 is 10.6 Å². The monoisotopic (exact) mass is 504 g/mol. The lowest BCUT2D eigenvalue weighted by Gasteiger charge is -2.43. The molecule has 3 rings (SSSR count). The maximum Gasteiger partial charge on any atom is 0.408 e. The molecule has 2 aliphatic rings. The number of aryl methyl sites for hydroxylation is 2. The number of pyridine rings is 1. The average molecular weight is 505 g/mol. The van der Waals surface area contributed by atoms with Crippen LogP contribution in [0.4, 0.5) is 10.6 Å².